The highest BCUT2D eigenvalue weighted by atomic mass is 19.4. The topological polar surface area (TPSA) is 81.4 Å². The molecular weight excluding hydrogens is 353 g/mol. The van der Waals surface area contributed by atoms with Gasteiger partial charge in [0.15, 0.2) is 0 Å². The Morgan fingerprint density at radius 2 is 2.08 bits per heavy atom. The summed E-state index contributed by atoms with van der Waals surface area (Å²) in [5.74, 6) is -0.627. The zero-order chi connectivity index (χ0) is 19.3. The molecule has 1 heterocycles. The number of nitro groups is 1. The molecule has 1 aromatic heterocycles. The standard InChI is InChI=1S/C16H17F3N4O3/c1-3-4-8-26-14-13(16(17,18)19)10-20-15(21-14)22(2)11-6-5-7-12(9-11)23(24)25/h5-7,9-10H,3-4,8H2,1-2H3. The Morgan fingerprint density at radius 1 is 1.35 bits per heavy atom. The summed E-state index contributed by atoms with van der Waals surface area (Å²) < 4.78 is 44.5. The second-order valence-electron chi connectivity index (χ2n) is 5.42. The fourth-order valence-electron chi connectivity index (χ4n) is 2.07. The molecule has 0 atom stereocenters. The second kappa shape index (κ2) is 7.98. The number of hydrogen-bond donors (Lipinski definition) is 0. The number of halogens is 3. The largest absolute Gasteiger partial charge is 0.477 e. The highest BCUT2D eigenvalue weighted by molar-refractivity contribution is 5.60. The van der Waals surface area contributed by atoms with E-state index in [1.165, 1.54) is 30.1 Å². The molecule has 0 unspecified atom stereocenters. The molecule has 0 saturated carbocycles. The minimum Gasteiger partial charge on any atom is -0.477 e. The van der Waals surface area contributed by atoms with Crippen molar-refractivity contribution >= 4 is 17.3 Å². The first-order valence-electron chi connectivity index (χ1n) is 7.79. The quantitative estimate of drug-likeness (QED) is 0.409. The van der Waals surface area contributed by atoms with Gasteiger partial charge in [-0.2, -0.15) is 18.2 Å². The van der Waals surface area contributed by atoms with E-state index in [0.717, 1.165) is 6.42 Å². The van der Waals surface area contributed by atoms with Crippen LogP contribution in [0.4, 0.5) is 30.5 Å². The van der Waals surface area contributed by atoms with Crippen LogP contribution in [-0.2, 0) is 6.18 Å². The van der Waals surface area contributed by atoms with Crippen molar-refractivity contribution < 1.29 is 22.8 Å². The van der Waals surface area contributed by atoms with Gasteiger partial charge in [-0.05, 0) is 12.5 Å². The van der Waals surface area contributed by atoms with Gasteiger partial charge in [0.1, 0.15) is 5.56 Å². The van der Waals surface area contributed by atoms with Gasteiger partial charge in [-0.3, -0.25) is 10.1 Å². The summed E-state index contributed by atoms with van der Waals surface area (Å²) >= 11 is 0. The number of rotatable bonds is 7. The zero-order valence-corrected chi connectivity index (χ0v) is 14.2. The highest BCUT2D eigenvalue weighted by Gasteiger charge is 2.36. The van der Waals surface area contributed by atoms with Gasteiger partial charge >= 0.3 is 6.18 Å². The van der Waals surface area contributed by atoms with Gasteiger partial charge in [0.2, 0.25) is 11.8 Å². The lowest BCUT2D eigenvalue weighted by molar-refractivity contribution is -0.384. The molecule has 7 nitrogen and oxygen atoms in total. The van der Waals surface area contributed by atoms with E-state index in [2.05, 4.69) is 9.97 Å². The molecule has 26 heavy (non-hydrogen) atoms. The van der Waals surface area contributed by atoms with Crippen molar-refractivity contribution in [3.63, 3.8) is 0 Å². The number of nitro benzene ring substituents is 1. The molecule has 0 saturated heterocycles. The third kappa shape index (κ3) is 4.58. The fraction of sp³-hybridized carbons (Fsp3) is 0.375. The van der Waals surface area contributed by atoms with Crippen molar-refractivity contribution in [2.75, 3.05) is 18.6 Å². The Balaban J connectivity index is 2.38. The molecule has 0 fully saturated rings. The molecule has 0 N–H and O–H groups in total. The molecular formula is C16H17F3N4O3. The molecule has 0 spiro atoms. The molecule has 0 aliphatic carbocycles. The van der Waals surface area contributed by atoms with E-state index in [1.807, 2.05) is 6.92 Å². The van der Waals surface area contributed by atoms with Gasteiger partial charge in [-0.25, -0.2) is 4.98 Å². The number of non-ortho nitro benzene ring substituents is 1. The van der Waals surface area contributed by atoms with Crippen molar-refractivity contribution in [1.82, 2.24) is 9.97 Å². The molecule has 0 aliphatic heterocycles. The van der Waals surface area contributed by atoms with Crippen LogP contribution in [0.25, 0.3) is 0 Å². The minimum atomic E-state index is -4.65. The van der Waals surface area contributed by atoms with E-state index in [0.29, 0.717) is 18.3 Å². The Hall–Kier alpha value is -2.91. The molecule has 0 amide bonds. The van der Waals surface area contributed by atoms with Crippen LogP contribution < -0.4 is 9.64 Å². The minimum absolute atomic E-state index is 0.0648. The van der Waals surface area contributed by atoms with Gasteiger partial charge in [-0.15, -0.1) is 0 Å². The number of alkyl halides is 3. The van der Waals surface area contributed by atoms with Crippen molar-refractivity contribution in [2.24, 2.45) is 0 Å². The Morgan fingerprint density at radius 3 is 2.69 bits per heavy atom. The third-order valence-corrected chi connectivity index (χ3v) is 3.51. The van der Waals surface area contributed by atoms with E-state index in [9.17, 15) is 23.3 Å². The van der Waals surface area contributed by atoms with Crippen LogP contribution in [0.1, 0.15) is 25.3 Å². The predicted octanol–water partition coefficient (Wildman–Crippen LogP) is 4.35. The summed E-state index contributed by atoms with van der Waals surface area (Å²) in [6, 6.07) is 5.61. The summed E-state index contributed by atoms with van der Waals surface area (Å²) in [5, 5.41) is 10.9. The van der Waals surface area contributed by atoms with Crippen molar-refractivity contribution in [2.45, 2.75) is 25.9 Å². The van der Waals surface area contributed by atoms with Gasteiger partial charge in [0, 0.05) is 25.4 Å². The Labute approximate surface area is 147 Å². The van der Waals surface area contributed by atoms with Crippen LogP contribution in [0.3, 0.4) is 0 Å². The van der Waals surface area contributed by atoms with E-state index in [-0.39, 0.29) is 18.2 Å². The van der Waals surface area contributed by atoms with Gasteiger partial charge in [-0.1, -0.05) is 19.4 Å². The SMILES string of the molecule is CCCCOc1nc(N(C)c2cccc([N+](=O)[O-])c2)ncc1C(F)(F)F. The molecule has 10 heteroatoms. The Kier molecular flexibility index (Phi) is 5.96. The molecule has 2 rings (SSSR count). The van der Waals surface area contributed by atoms with E-state index < -0.39 is 22.5 Å². The van der Waals surface area contributed by atoms with Crippen LogP contribution >= 0.6 is 0 Å². The fourth-order valence-corrected chi connectivity index (χ4v) is 2.07. The molecule has 0 bridgehead atoms. The summed E-state index contributed by atoms with van der Waals surface area (Å²) in [4.78, 5) is 19.3. The number of unbranched alkanes of at least 4 members (excludes halogenated alkanes) is 1. The average molecular weight is 370 g/mol. The van der Waals surface area contributed by atoms with Gasteiger partial charge in [0.05, 0.1) is 17.2 Å². The summed E-state index contributed by atoms with van der Waals surface area (Å²) in [6.07, 6.45) is -2.66. The number of benzene rings is 1. The monoisotopic (exact) mass is 370 g/mol. The maximum atomic E-state index is 13.1. The zero-order valence-electron chi connectivity index (χ0n) is 14.2. The molecule has 1 aromatic carbocycles. The van der Waals surface area contributed by atoms with E-state index in [4.69, 9.17) is 4.74 Å². The molecule has 2 aromatic rings. The molecule has 140 valence electrons. The van der Waals surface area contributed by atoms with Crippen LogP contribution in [0, 0.1) is 10.1 Å². The lowest BCUT2D eigenvalue weighted by Gasteiger charge is -2.19. The predicted molar refractivity (Wildman–Crippen MR) is 88.6 cm³/mol. The number of anilines is 2. The summed E-state index contributed by atoms with van der Waals surface area (Å²) in [5.41, 5.74) is -0.857. The van der Waals surface area contributed by atoms with Crippen molar-refractivity contribution in [3.05, 3.63) is 46.1 Å². The van der Waals surface area contributed by atoms with E-state index >= 15 is 0 Å². The molecule has 0 radical (unpaired) electrons. The maximum absolute atomic E-state index is 13.1. The van der Waals surface area contributed by atoms with Crippen LogP contribution in [-0.4, -0.2) is 28.5 Å². The number of ether oxygens (including phenoxy) is 1. The summed E-state index contributed by atoms with van der Waals surface area (Å²) in [7, 11) is 1.50. The van der Waals surface area contributed by atoms with Crippen LogP contribution in [0.15, 0.2) is 30.5 Å². The number of hydrogen-bond acceptors (Lipinski definition) is 6. The third-order valence-electron chi connectivity index (χ3n) is 3.51. The second-order valence-corrected chi connectivity index (χ2v) is 5.42. The molecule has 0 aliphatic rings. The van der Waals surface area contributed by atoms with Gasteiger partial charge in [0.25, 0.3) is 5.69 Å². The average Bonchev–Trinajstić information content (AvgIpc) is 2.60. The normalized spacial score (nSPS) is 11.3. The lowest BCUT2D eigenvalue weighted by Crippen LogP contribution is -2.17. The first kappa shape index (κ1) is 19.4. The van der Waals surface area contributed by atoms with Crippen molar-refractivity contribution in [1.29, 1.82) is 0 Å². The van der Waals surface area contributed by atoms with Crippen molar-refractivity contribution in [3.8, 4) is 5.88 Å². The Bertz CT molecular complexity index is 784. The summed E-state index contributed by atoms with van der Waals surface area (Å²) in [6.45, 7) is 1.98. The lowest BCUT2D eigenvalue weighted by atomic mass is 10.2. The smallest absolute Gasteiger partial charge is 0.423 e. The van der Waals surface area contributed by atoms with Gasteiger partial charge < -0.3 is 9.64 Å². The van der Waals surface area contributed by atoms with Crippen LogP contribution in [0.5, 0.6) is 5.88 Å². The maximum Gasteiger partial charge on any atom is 0.423 e. The highest BCUT2D eigenvalue weighted by Crippen LogP contribution is 2.36. The first-order chi connectivity index (χ1) is 12.2. The number of nitrogens with zero attached hydrogens (tertiary/aromatic N) is 4. The number of aromatic nitrogens is 2. The van der Waals surface area contributed by atoms with Crippen LogP contribution in [0.2, 0.25) is 0 Å². The first-order valence-corrected chi connectivity index (χ1v) is 7.79. The van der Waals surface area contributed by atoms with E-state index in [1.54, 1.807) is 6.07 Å².